The second-order valence-electron chi connectivity index (χ2n) is 6.05. The van der Waals surface area contributed by atoms with Crippen molar-refractivity contribution in [3.63, 3.8) is 0 Å². The summed E-state index contributed by atoms with van der Waals surface area (Å²) in [4.78, 5) is 22.9. The van der Waals surface area contributed by atoms with Crippen molar-refractivity contribution in [2.75, 3.05) is 0 Å². The minimum atomic E-state index is -1.38. The molecule has 3 aliphatic heterocycles. The molecule has 2 saturated heterocycles. The van der Waals surface area contributed by atoms with E-state index in [1.54, 1.807) is 0 Å². The number of carbonyl (C=O) groups is 2. The zero-order valence-corrected chi connectivity index (χ0v) is 11.9. The van der Waals surface area contributed by atoms with Crippen LogP contribution in [0.1, 0.15) is 18.4 Å². The van der Waals surface area contributed by atoms with Gasteiger partial charge >= 0.3 is 11.9 Å². The van der Waals surface area contributed by atoms with Gasteiger partial charge in [-0.15, -0.1) is 0 Å². The summed E-state index contributed by atoms with van der Waals surface area (Å²) in [6, 6.07) is 2.54. The molecule has 0 bridgehead atoms. The lowest BCUT2D eigenvalue weighted by molar-refractivity contribution is -0.162. The van der Waals surface area contributed by atoms with Crippen LogP contribution >= 0.6 is 0 Å². The molecule has 1 aromatic carbocycles. The molecule has 3 heterocycles. The van der Waals surface area contributed by atoms with Gasteiger partial charge in [-0.05, 0) is 0 Å². The zero-order valence-electron chi connectivity index (χ0n) is 11.9. The van der Waals surface area contributed by atoms with Gasteiger partial charge in [0.15, 0.2) is 11.7 Å². The molecule has 0 saturated carbocycles. The fraction of sp³-hybridized carbons (Fsp3) is 0.467. The van der Waals surface area contributed by atoms with Crippen LogP contribution in [-0.2, 0) is 25.5 Å². The van der Waals surface area contributed by atoms with Crippen molar-refractivity contribution in [2.45, 2.75) is 43.2 Å². The molecule has 0 spiro atoms. The number of carboxylic acid groups (broad SMARTS) is 1. The number of phenols is 2. The summed E-state index contributed by atoms with van der Waals surface area (Å²) in [5.41, 5.74) is -0.910. The van der Waals surface area contributed by atoms with E-state index in [0.29, 0.717) is 5.56 Å². The van der Waals surface area contributed by atoms with Crippen molar-refractivity contribution >= 4 is 11.9 Å². The molecule has 0 radical (unpaired) electrons. The number of rotatable bonds is 2. The van der Waals surface area contributed by atoms with E-state index in [4.69, 9.17) is 14.2 Å². The van der Waals surface area contributed by atoms with E-state index in [1.165, 1.54) is 12.1 Å². The lowest BCUT2D eigenvalue weighted by Gasteiger charge is -2.35. The third-order valence-corrected chi connectivity index (χ3v) is 4.62. The van der Waals surface area contributed by atoms with Gasteiger partial charge < -0.3 is 29.5 Å². The van der Waals surface area contributed by atoms with E-state index in [0.717, 1.165) is 0 Å². The van der Waals surface area contributed by atoms with Gasteiger partial charge in [-0.3, -0.25) is 9.59 Å². The number of phenolic OH excluding ortho intramolecular Hbond substituents is 2. The summed E-state index contributed by atoms with van der Waals surface area (Å²) >= 11 is 0. The number of fused-ring (bicyclic) bond motifs is 4. The van der Waals surface area contributed by atoms with E-state index in [1.807, 2.05) is 0 Å². The van der Waals surface area contributed by atoms with E-state index in [9.17, 15) is 24.9 Å². The molecule has 23 heavy (non-hydrogen) atoms. The predicted octanol–water partition coefficient (Wildman–Crippen LogP) is 0.329. The number of hydrogen-bond acceptors (Lipinski definition) is 7. The molecule has 0 unspecified atom stereocenters. The molecular weight excluding hydrogens is 308 g/mol. The Morgan fingerprint density at radius 1 is 1.30 bits per heavy atom. The van der Waals surface area contributed by atoms with Crippen molar-refractivity contribution < 1.29 is 39.1 Å². The number of carboxylic acids is 1. The van der Waals surface area contributed by atoms with E-state index < -0.39 is 42.3 Å². The Balaban J connectivity index is 1.76. The lowest BCUT2D eigenvalue weighted by atomic mass is 9.84. The van der Waals surface area contributed by atoms with Crippen LogP contribution in [0.4, 0.5) is 0 Å². The third kappa shape index (κ3) is 1.94. The molecule has 8 heteroatoms. The van der Waals surface area contributed by atoms with Gasteiger partial charge in [0.25, 0.3) is 0 Å². The molecule has 3 N–H and O–H groups in total. The maximum atomic E-state index is 11.6. The lowest BCUT2D eigenvalue weighted by Crippen LogP contribution is -2.53. The highest BCUT2D eigenvalue weighted by molar-refractivity contribution is 5.77. The van der Waals surface area contributed by atoms with Gasteiger partial charge in [-0.25, -0.2) is 0 Å². The molecule has 8 nitrogen and oxygen atoms in total. The standard InChI is InChI=1S/C15H14O8/c16-6-1-8(17)7-3-10-14(22-9(7)2-6)15(5-12(18)19)11(21-10)4-13(20)23-15/h1-2,10-11,14,16-17H,3-5H2,(H,18,19)/t10-,11-,14+,15+/m1/s1. The van der Waals surface area contributed by atoms with Crippen LogP contribution in [0.25, 0.3) is 0 Å². The number of esters is 1. The maximum Gasteiger partial charge on any atom is 0.309 e. The topological polar surface area (TPSA) is 123 Å². The Morgan fingerprint density at radius 2 is 2.09 bits per heavy atom. The van der Waals surface area contributed by atoms with Gasteiger partial charge in [-0.1, -0.05) is 0 Å². The average molecular weight is 322 g/mol. The van der Waals surface area contributed by atoms with E-state index in [2.05, 4.69) is 0 Å². The second-order valence-corrected chi connectivity index (χ2v) is 6.05. The average Bonchev–Trinajstić information content (AvgIpc) is 2.87. The van der Waals surface area contributed by atoms with Crippen LogP contribution in [0.15, 0.2) is 12.1 Å². The first-order valence-electron chi connectivity index (χ1n) is 7.19. The maximum absolute atomic E-state index is 11.6. The van der Waals surface area contributed by atoms with Crippen molar-refractivity contribution in [1.82, 2.24) is 0 Å². The van der Waals surface area contributed by atoms with Crippen molar-refractivity contribution in [2.24, 2.45) is 0 Å². The first kappa shape index (κ1) is 14.1. The molecule has 122 valence electrons. The van der Waals surface area contributed by atoms with Crippen molar-refractivity contribution in [3.8, 4) is 17.2 Å². The summed E-state index contributed by atoms with van der Waals surface area (Å²) < 4.78 is 16.9. The number of aliphatic carboxylic acids is 1. The SMILES string of the molecule is O=C(O)C[C@]12OC(=O)C[C@H]1O[C@@H]1Cc3c(O)cc(O)cc3O[C@@H]12. The summed E-state index contributed by atoms with van der Waals surface area (Å²) in [7, 11) is 0. The number of ether oxygens (including phenoxy) is 3. The van der Waals surface area contributed by atoms with Gasteiger partial charge in [0, 0.05) is 24.1 Å². The molecule has 4 atom stereocenters. The fourth-order valence-corrected chi connectivity index (χ4v) is 3.73. The fourth-order valence-electron chi connectivity index (χ4n) is 3.73. The summed E-state index contributed by atoms with van der Waals surface area (Å²) in [6.07, 6.45) is -2.21. The Labute approximate surface area is 130 Å². The Kier molecular flexibility index (Phi) is 2.77. The molecule has 1 aromatic rings. The molecule has 2 fully saturated rings. The Hall–Kier alpha value is -2.48. The van der Waals surface area contributed by atoms with Gasteiger partial charge in [0.1, 0.15) is 29.5 Å². The van der Waals surface area contributed by atoms with Crippen LogP contribution in [0.3, 0.4) is 0 Å². The number of benzene rings is 1. The zero-order chi connectivity index (χ0) is 16.4. The van der Waals surface area contributed by atoms with Crippen LogP contribution < -0.4 is 4.74 Å². The van der Waals surface area contributed by atoms with Gasteiger partial charge in [-0.2, -0.15) is 0 Å². The first-order valence-corrected chi connectivity index (χ1v) is 7.19. The quantitative estimate of drug-likeness (QED) is 0.666. The van der Waals surface area contributed by atoms with E-state index >= 15 is 0 Å². The highest BCUT2D eigenvalue weighted by Gasteiger charge is 2.66. The summed E-state index contributed by atoms with van der Waals surface area (Å²) in [5, 5.41) is 28.7. The van der Waals surface area contributed by atoms with Crippen molar-refractivity contribution in [3.05, 3.63) is 17.7 Å². The molecular formula is C15H14O8. The largest absolute Gasteiger partial charge is 0.508 e. The molecule has 4 rings (SSSR count). The predicted molar refractivity (Wildman–Crippen MR) is 72.2 cm³/mol. The minimum Gasteiger partial charge on any atom is -0.508 e. The van der Waals surface area contributed by atoms with Gasteiger partial charge in [0.05, 0.1) is 12.8 Å². The summed E-state index contributed by atoms with van der Waals surface area (Å²) in [6.45, 7) is 0. The number of carbonyl (C=O) groups excluding carboxylic acids is 1. The molecule has 3 aliphatic rings. The normalized spacial score (nSPS) is 34.1. The number of aromatic hydroxyl groups is 2. The molecule has 0 aromatic heterocycles. The highest BCUT2D eigenvalue weighted by atomic mass is 16.7. The molecule has 0 amide bonds. The monoisotopic (exact) mass is 322 g/mol. The van der Waals surface area contributed by atoms with Crippen LogP contribution in [0.2, 0.25) is 0 Å². The molecule has 0 aliphatic carbocycles. The highest BCUT2D eigenvalue weighted by Crippen LogP contribution is 2.50. The van der Waals surface area contributed by atoms with Crippen LogP contribution in [0.5, 0.6) is 17.2 Å². The Bertz CT molecular complexity index is 714. The van der Waals surface area contributed by atoms with Crippen LogP contribution in [0, 0.1) is 0 Å². The smallest absolute Gasteiger partial charge is 0.309 e. The van der Waals surface area contributed by atoms with Crippen LogP contribution in [-0.4, -0.2) is 51.2 Å². The third-order valence-electron chi connectivity index (χ3n) is 4.62. The van der Waals surface area contributed by atoms with Crippen molar-refractivity contribution in [1.29, 1.82) is 0 Å². The second kappa shape index (κ2) is 4.51. The van der Waals surface area contributed by atoms with E-state index in [-0.39, 0.29) is 30.1 Å². The first-order chi connectivity index (χ1) is 10.9. The minimum absolute atomic E-state index is 0.0305. The summed E-state index contributed by atoms with van der Waals surface area (Å²) in [5.74, 6) is -1.71. The number of hydrogen-bond donors (Lipinski definition) is 3. The van der Waals surface area contributed by atoms with Gasteiger partial charge in [0.2, 0.25) is 0 Å². The Morgan fingerprint density at radius 3 is 2.83 bits per heavy atom.